The summed E-state index contributed by atoms with van der Waals surface area (Å²) in [6.07, 6.45) is 5.13. The van der Waals surface area contributed by atoms with Crippen molar-refractivity contribution in [3.05, 3.63) is 11.9 Å². The molecule has 19 heavy (non-hydrogen) atoms. The highest BCUT2D eigenvalue weighted by Crippen LogP contribution is 2.28. The first-order chi connectivity index (χ1) is 9.24. The minimum absolute atomic E-state index is 0.526. The molecule has 0 amide bonds. The van der Waals surface area contributed by atoms with Gasteiger partial charge in [0.05, 0.1) is 7.11 Å². The Morgan fingerprint density at radius 3 is 3.05 bits per heavy atom. The number of hydrogen-bond acceptors (Lipinski definition) is 5. The Labute approximate surface area is 114 Å². The number of aromatic nitrogens is 2. The first-order valence-corrected chi connectivity index (χ1v) is 7.15. The molecule has 5 heteroatoms. The highest BCUT2D eigenvalue weighted by Gasteiger charge is 2.31. The van der Waals surface area contributed by atoms with Gasteiger partial charge in [0.1, 0.15) is 11.6 Å². The van der Waals surface area contributed by atoms with Gasteiger partial charge in [0, 0.05) is 24.7 Å². The van der Waals surface area contributed by atoms with Crippen molar-refractivity contribution in [1.82, 2.24) is 14.9 Å². The van der Waals surface area contributed by atoms with Gasteiger partial charge in [0.2, 0.25) is 5.88 Å². The molecule has 2 saturated heterocycles. The smallest absolute Gasteiger partial charge is 0.218 e. The van der Waals surface area contributed by atoms with Crippen molar-refractivity contribution >= 4 is 5.82 Å². The van der Waals surface area contributed by atoms with Crippen LogP contribution in [0.1, 0.15) is 31.5 Å². The van der Waals surface area contributed by atoms with E-state index in [1.807, 2.05) is 13.0 Å². The molecule has 1 aromatic heterocycles. The summed E-state index contributed by atoms with van der Waals surface area (Å²) >= 11 is 0. The summed E-state index contributed by atoms with van der Waals surface area (Å²) in [5, 5.41) is 3.55. The van der Waals surface area contributed by atoms with E-state index >= 15 is 0 Å². The highest BCUT2D eigenvalue weighted by molar-refractivity contribution is 5.39. The van der Waals surface area contributed by atoms with Crippen molar-refractivity contribution in [3.8, 4) is 5.88 Å². The largest absolute Gasteiger partial charge is 0.481 e. The van der Waals surface area contributed by atoms with Crippen molar-refractivity contribution < 1.29 is 4.74 Å². The van der Waals surface area contributed by atoms with Crippen LogP contribution in [0.2, 0.25) is 0 Å². The molecule has 5 nitrogen and oxygen atoms in total. The third-order valence-electron chi connectivity index (χ3n) is 4.20. The molecule has 2 atom stereocenters. The van der Waals surface area contributed by atoms with E-state index in [4.69, 9.17) is 4.74 Å². The van der Waals surface area contributed by atoms with Crippen molar-refractivity contribution in [2.45, 2.75) is 44.7 Å². The molecule has 1 N–H and O–H groups in total. The van der Waals surface area contributed by atoms with E-state index in [1.54, 1.807) is 7.11 Å². The minimum Gasteiger partial charge on any atom is -0.481 e. The monoisotopic (exact) mass is 262 g/mol. The molecule has 2 unspecified atom stereocenters. The SMILES string of the molecule is COc1cc(NC2CCN3CCCC3C2)nc(C)n1. The number of hydrogen-bond donors (Lipinski definition) is 1. The third kappa shape index (κ3) is 2.81. The van der Waals surface area contributed by atoms with Gasteiger partial charge in [-0.25, -0.2) is 4.98 Å². The average molecular weight is 262 g/mol. The van der Waals surface area contributed by atoms with Crippen LogP contribution in [0.3, 0.4) is 0 Å². The van der Waals surface area contributed by atoms with E-state index in [2.05, 4.69) is 20.2 Å². The number of methoxy groups -OCH3 is 1. The van der Waals surface area contributed by atoms with Gasteiger partial charge in [-0.2, -0.15) is 4.98 Å². The van der Waals surface area contributed by atoms with E-state index in [0.717, 1.165) is 17.7 Å². The second-order valence-electron chi connectivity index (χ2n) is 5.54. The zero-order valence-corrected chi connectivity index (χ0v) is 11.7. The van der Waals surface area contributed by atoms with Crippen LogP contribution in [-0.4, -0.2) is 47.2 Å². The third-order valence-corrected chi connectivity index (χ3v) is 4.20. The zero-order valence-electron chi connectivity index (χ0n) is 11.7. The van der Waals surface area contributed by atoms with Crippen LogP contribution in [0.15, 0.2) is 6.07 Å². The maximum absolute atomic E-state index is 5.19. The number of nitrogens with zero attached hydrogens (tertiary/aromatic N) is 3. The van der Waals surface area contributed by atoms with E-state index in [1.165, 1.54) is 38.8 Å². The fraction of sp³-hybridized carbons (Fsp3) is 0.714. The van der Waals surface area contributed by atoms with Gasteiger partial charge < -0.3 is 15.0 Å². The lowest BCUT2D eigenvalue weighted by molar-refractivity contribution is 0.188. The van der Waals surface area contributed by atoms with Gasteiger partial charge in [0.25, 0.3) is 0 Å². The van der Waals surface area contributed by atoms with Gasteiger partial charge in [0.15, 0.2) is 0 Å². The summed E-state index contributed by atoms with van der Waals surface area (Å²) in [6, 6.07) is 3.18. The summed E-state index contributed by atoms with van der Waals surface area (Å²) in [4.78, 5) is 11.3. The van der Waals surface area contributed by atoms with Crippen LogP contribution in [0, 0.1) is 6.92 Å². The summed E-state index contributed by atoms with van der Waals surface area (Å²) in [6.45, 7) is 4.40. The molecular formula is C14H22N4O. The molecule has 2 aliphatic rings. The number of aryl methyl sites for hydroxylation is 1. The molecule has 0 saturated carbocycles. The summed E-state index contributed by atoms with van der Waals surface area (Å²) in [5.41, 5.74) is 0. The molecule has 2 aliphatic heterocycles. The number of anilines is 1. The Morgan fingerprint density at radius 1 is 1.32 bits per heavy atom. The van der Waals surface area contributed by atoms with E-state index in [9.17, 15) is 0 Å². The second-order valence-corrected chi connectivity index (χ2v) is 5.54. The van der Waals surface area contributed by atoms with E-state index < -0.39 is 0 Å². The fourth-order valence-corrected chi connectivity index (χ4v) is 3.28. The second kappa shape index (κ2) is 5.33. The maximum Gasteiger partial charge on any atom is 0.218 e. The quantitative estimate of drug-likeness (QED) is 0.900. The van der Waals surface area contributed by atoms with Crippen LogP contribution < -0.4 is 10.1 Å². The van der Waals surface area contributed by atoms with Crippen LogP contribution >= 0.6 is 0 Å². The zero-order chi connectivity index (χ0) is 13.2. The molecule has 3 rings (SSSR count). The van der Waals surface area contributed by atoms with Gasteiger partial charge in [-0.3, -0.25) is 0 Å². The highest BCUT2D eigenvalue weighted by atomic mass is 16.5. The molecule has 0 radical (unpaired) electrons. The van der Waals surface area contributed by atoms with Gasteiger partial charge in [-0.15, -0.1) is 0 Å². The first kappa shape index (κ1) is 12.7. The predicted molar refractivity (Wildman–Crippen MR) is 74.6 cm³/mol. The standard InChI is InChI=1S/C14H22N4O/c1-10-15-13(9-14(16-10)19-2)17-11-5-7-18-6-3-4-12(18)8-11/h9,11-12H,3-8H2,1-2H3,(H,15,16,17). The molecule has 0 aromatic carbocycles. The van der Waals surface area contributed by atoms with Crippen LogP contribution in [0.25, 0.3) is 0 Å². The normalized spacial score (nSPS) is 27.1. The van der Waals surface area contributed by atoms with Gasteiger partial charge >= 0.3 is 0 Å². The lowest BCUT2D eigenvalue weighted by atomic mass is 9.97. The maximum atomic E-state index is 5.19. The van der Waals surface area contributed by atoms with Gasteiger partial charge in [-0.1, -0.05) is 0 Å². The summed E-state index contributed by atoms with van der Waals surface area (Å²) in [7, 11) is 1.64. The molecule has 3 heterocycles. The van der Waals surface area contributed by atoms with Crippen molar-refractivity contribution in [3.63, 3.8) is 0 Å². The molecule has 0 spiro atoms. The molecule has 104 valence electrons. The Morgan fingerprint density at radius 2 is 2.21 bits per heavy atom. The number of nitrogens with one attached hydrogen (secondary N) is 1. The lowest BCUT2D eigenvalue weighted by Gasteiger charge is -2.35. The van der Waals surface area contributed by atoms with Crippen LogP contribution in [-0.2, 0) is 0 Å². The molecular weight excluding hydrogens is 240 g/mol. The number of piperidine rings is 1. The number of fused-ring (bicyclic) bond motifs is 1. The van der Waals surface area contributed by atoms with Crippen molar-refractivity contribution in [2.24, 2.45) is 0 Å². The molecule has 1 aromatic rings. The Hall–Kier alpha value is -1.36. The van der Waals surface area contributed by atoms with E-state index in [-0.39, 0.29) is 0 Å². The van der Waals surface area contributed by atoms with Gasteiger partial charge in [-0.05, 0) is 39.2 Å². The number of ether oxygens (including phenoxy) is 1. The topological polar surface area (TPSA) is 50.3 Å². The lowest BCUT2D eigenvalue weighted by Crippen LogP contribution is -2.42. The summed E-state index contributed by atoms with van der Waals surface area (Å²) < 4.78 is 5.19. The molecule has 0 aliphatic carbocycles. The fourth-order valence-electron chi connectivity index (χ4n) is 3.28. The summed E-state index contributed by atoms with van der Waals surface area (Å²) in [5.74, 6) is 2.27. The van der Waals surface area contributed by atoms with Crippen molar-refractivity contribution in [2.75, 3.05) is 25.5 Å². The minimum atomic E-state index is 0.526. The van der Waals surface area contributed by atoms with Crippen LogP contribution in [0.4, 0.5) is 5.82 Å². The Balaban J connectivity index is 1.66. The molecule has 2 fully saturated rings. The Kier molecular flexibility index (Phi) is 3.55. The average Bonchev–Trinajstić information content (AvgIpc) is 2.85. The number of rotatable bonds is 3. The Bertz CT molecular complexity index is 451. The molecule has 0 bridgehead atoms. The first-order valence-electron chi connectivity index (χ1n) is 7.15. The van der Waals surface area contributed by atoms with Crippen LogP contribution in [0.5, 0.6) is 5.88 Å². The predicted octanol–water partition coefficient (Wildman–Crippen LogP) is 1.83. The van der Waals surface area contributed by atoms with E-state index in [0.29, 0.717) is 11.9 Å². The van der Waals surface area contributed by atoms with Crippen molar-refractivity contribution in [1.29, 1.82) is 0 Å².